The molecule has 4 N–H and O–H groups in total. The Balaban J connectivity index is 1.70. The Morgan fingerprint density at radius 3 is 2.93 bits per heavy atom. The number of amides is 1. The number of benzene rings is 2. The van der Waals surface area contributed by atoms with Crippen LogP contribution in [0.15, 0.2) is 35.4 Å². The number of carbonyl (C=O) groups is 1. The van der Waals surface area contributed by atoms with Crippen molar-refractivity contribution in [1.82, 2.24) is 15.3 Å². The molecule has 29 heavy (non-hydrogen) atoms. The second-order valence-electron chi connectivity index (χ2n) is 6.53. The number of rotatable bonds is 6. The third-order valence-electron chi connectivity index (χ3n) is 4.59. The van der Waals surface area contributed by atoms with Crippen LogP contribution in [0, 0.1) is 0 Å². The molecule has 2 heterocycles. The lowest BCUT2D eigenvalue weighted by molar-refractivity contribution is -0.123. The number of halogens is 1. The van der Waals surface area contributed by atoms with Gasteiger partial charge in [0.2, 0.25) is 11.9 Å². The van der Waals surface area contributed by atoms with Gasteiger partial charge in [-0.2, -0.15) is 0 Å². The number of hydrogen-bond acceptors (Lipinski definition) is 7. The Bertz CT molecular complexity index is 1090. The van der Waals surface area contributed by atoms with E-state index in [1.54, 1.807) is 0 Å². The first-order valence-electron chi connectivity index (χ1n) is 9.03. The van der Waals surface area contributed by atoms with Crippen LogP contribution >= 0.6 is 23.4 Å². The average Bonchev–Trinajstić information content (AvgIpc) is 2.71. The fourth-order valence-electron chi connectivity index (χ4n) is 3.43. The van der Waals surface area contributed by atoms with Gasteiger partial charge in [0.25, 0.3) is 0 Å². The zero-order chi connectivity index (χ0) is 20.4. The summed E-state index contributed by atoms with van der Waals surface area (Å²) >= 11 is 8.08. The summed E-state index contributed by atoms with van der Waals surface area (Å²) in [5, 5.41) is 14.8. The van der Waals surface area contributed by atoms with E-state index in [-0.39, 0.29) is 5.95 Å². The van der Waals surface area contributed by atoms with Gasteiger partial charge in [0.15, 0.2) is 0 Å². The third-order valence-corrected chi connectivity index (χ3v) is 5.80. The van der Waals surface area contributed by atoms with Gasteiger partial charge in [-0.15, -0.1) is 11.8 Å². The molecule has 3 aromatic rings. The van der Waals surface area contributed by atoms with Gasteiger partial charge < -0.3 is 20.9 Å². The predicted molar refractivity (Wildman–Crippen MR) is 114 cm³/mol. The molecule has 1 amide bonds. The zero-order valence-electron chi connectivity index (χ0n) is 15.4. The minimum Gasteiger partial charge on any atom is -0.387 e. The van der Waals surface area contributed by atoms with Gasteiger partial charge in [-0.3, -0.25) is 4.79 Å². The third kappa shape index (κ3) is 4.16. The van der Waals surface area contributed by atoms with Gasteiger partial charge in [-0.1, -0.05) is 29.8 Å². The molecule has 0 saturated heterocycles. The summed E-state index contributed by atoms with van der Waals surface area (Å²) in [6, 6.07) is 9.85. The van der Waals surface area contributed by atoms with E-state index in [0.717, 1.165) is 27.5 Å². The number of anilines is 1. The highest BCUT2D eigenvalue weighted by Crippen LogP contribution is 2.40. The van der Waals surface area contributed by atoms with Crippen LogP contribution in [0.4, 0.5) is 5.95 Å². The minimum atomic E-state index is -0.524. The summed E-state index contributed by atoms with van der Waals surface area (Å²) in [5.41, 5.74) is 9.62. The number of nitrogen functional groups attached to an aromatic ring is 1. The van der Waals surface area contributed by atoms with Crippen molar-refractivity contribution in [2.24, 2.45) is 0 Å². The van der Waals surface area contributed by atoms with E-state index >= 15 is 0 Å². The molecule has 150 valence electrons. The number of ether oxygens (including phenoxy) is 1. The number of nitrogens with one attached hydrogen (secondary N) is 1. The van der Waals surface area contributed by atoms with Crippen LogP contribution in [0.2, 0.25) is 5.02 Å². The molecule has 0 bridgehead atoms. The van der Waals surface area contributed by atoms with Crippen molar-refractivity contribution in [2.45, 2.75) is 18.2 Å². The number of thioether (sulfide) groups is 1. The van der Waals surface area contributed by atoms with Gasteiger partial charge in [0.1, 0.15) is 11.6 Å². The molecule has 0 atom stereocenters. The highest BCUT2D eigenvalue weighted by atomic mass is 35.5. The van der Waals surface area contributed by atoms with E-state index < -0.39 is 12.5 Å². The average molecular weight is 431 g/mol. The second kappa shape index (κ2) is 8.54. The summed E-state index contributed by atoms with van der Waals surface area (Å²) in [7, 11) is 0. The summed E-state index contributed by atoms with van der Waals surface area (Å²) in [6.45, 7) is 0.979. The SMILES string of the molecule is Nc1nc(SCCNC(=O)CO)cc(-c2c(Cl)cc3c4c(cccc24)COC3)n1. The van der Waals surface area contributed by atoms with E-state index in [1.807, 2.05) is 24.3 Å². The van der Waals surface area contributed by atoms with Gasteiger partial charge in [-0.05, 0) is 34.0 Å². The van der Waals surface area contributed by atoms with Crippen LogP contribution in [0.1, 0.15) is 11.1 Å². The lowest BCUT2D eigenvalue weighted by Crippen LogP contribution is -2.28. The number of aliphatic hydroxyl groups excluding tert-OH is 1. The summed E-state index contributed by atoms with van der Waals surface area (Å²) in [5.74, 6) is 0.327. The Hall–Kier alpha value is -2.39. The summed E-state index contributed by atoms with van der Waals surface area (Å²) in [4.78, 5) is 19.8. The maximum Gasteiger partial charge on any atom is 0.245 e. The molecule has 1 aliphatic rings. The first-order valence-corrected chi connectivity index (χ1v) is 10.4. The number of nitrogens with two attached hydrogens (primary N) is 1. The van der Waals surface area contributed by atoms with Gasteiger partial charge in [0.05, 0.1) is 23.9 Å². The number of hydrogen-bond donors (Lipinski definition) is 3. The molecule has 0 fully saturated rings. The molecule has 1 aliphatic heterocycles. The van der Waals surface area contributed by atoms with Crippen LogP contribution in [-0.2, 0) is 22.7 Å². The van der Waals surface area contributed by atoms with Crippen LogP contribution in [0.25, 0.3) is 22.0 Å². The monoisotopic (exact) mass is 430 g/mol. The number of carbonyl (C=O) groups excluding carboxylic acids is 1. The number of aromatic nitrogens is 2. The van der Waals surface area contributed by atoms with Crippen molar-refractivity contribution >= 4 is 46.0 Å². The van der Waals surface area contributed by atoms with E-state index in [1.165, 1.54) is 11.8 Å². The van der Waals surface area contributed by atoms with Crippen LogP contribution in [0.3, 0.4) is 0 Å². The molecule has 0 aliphatic carbocycles. The number of aliphatic hydroxyl groups is 1. The van der Waals surface area contributed by atoms with Crippen molar-refractivity contribution in [3.8, 4) is 11.3 Å². The maximum atomic E-state index is 11.1. The number of nitrogens with zero attached hydrogens (tertiary/aromatic N) is 2. The lowest BCUT2D eigenvalue weighted by atomic mass is 9.93. The molecular weight excluding hydrogens is 412 g/mol. The molecule has 0 saturated carbocycles. The highest BCUT2D eigenvalue weighted by molar-refractivity contribution is 7.99. The predicted octanol–water partition coefficient (Wildman–Crippen LogP) is 2.76. The van der Waals surface area contributed by atoms with E-state index in [9.17, 15) is 4.79 Å². The molecular formula is C20H19ClN4O3S. The van der Waals surface area contributed by atoms with E-state index in [4.69, 9.17) is 27.2 Å². The van der Waals surface area contributed by atoms with Crippen molar-refractivity contribution in [3.63, 3.8) is 0 Å². The van der Waals surface area contributed by atoms with E-state index in [0.29, 0.717) is 41.3 Å². The molecule has 4 rings (SSSR count). The quantitative estimate of drug-likeness (QED) is 0.313. The Kier molecular flexibility index (Phi) is 5.86. The lowest BCUT2D eigenvalue weighted by Gasteiger charge is -2.20. The molecule has 2 aromatic carbocycles. The zero-order valence-corrected chi connectivity index (χ0v) is 17.0. The molecule has 0 spiro atoms. The van der Waals surface area contributed by atoms with Crippen LogP contribution in [-0.4, -0.2) is 39.9 Å². The smallest absolute Gasteiger partial charge is 0.245 e. The van der Waals surface area contributed by atoms with Crippen molar-refractivity contribution < 1.29 is 14.6 Å². The molecule has 1 aromatic heterocycles. The van der Waals surface area contributed by atoms with Crippen LogP contribution < -0.4 is 11.1 Å². The Morgan fingerprint density at radius 1 is 1.28 bits per heavy atom. The first-order chi connectivity index (χ1) is 14.1. The molecule has 9 heteroatoms. The van der Waals surface area contributed by atoms with Crippen molar-refractivity contribution in [2.75, 3.05) is 24.6 Å². The van der Waals surface area contributed by atoms with Crippen molar-refractivity contribution in [1.29, 1.82) is 0 Å². The largest absolute Gasteiger partial charge is 0.387 e. The second-order valence-corrected chi connectivity index (χ2v) is 8.05. The summed E-state index contributed by atoms with van der Waals surface area (Å²) in [6.07, 6.45) is 0. The van der Waals surface area contributed by atoms with Crippen LogP contribution in [0.5, 0.6) is 0 Å². The minimum absolute atomic E-state index is 0.157. The fraction of sp³-hybridized carbons (Fsp3) is 0.250. The molecule has 7 nitrogen and oxygen atoms in total. The molecule has 0 radical (unpaired) electrons. The maximum absolute atomic E-state index is 11.1. The fourth-order valence-corrected chi connectivity index (χ4v) is 4.52. The topological polar surface area (TPSA) is 110 Å². The molecule has 0 unspecified atom stereocenters. The Morgan fingerprint density at radius 2 is 2.10 bits per heavy atom. The van der Waals surface area contributed by atoms with Gasteiger partial charge in [-0.25, -0.2) is 9.97 Å². The van der Waals surface area contributed by atoms with Gasteiger partial charge >= 0.3 is 0 Å². The van der Waals surface area contributed by atoms with Crippen molar-refractivity contribution in [3.05, 3.63) is 46.5 Å². The standard InChI is InChI=1S/C20H19ClN4O3S/c21-14-6-12-10-28-9-11-2-1-3-13(18(11)12)19(14)15-7-17(25-20(22)24-15)29-5-4-23-16(27)8-26/h1-3,6-7,26H,4-5,8-10H2,(H,23,27)(H2,22,24,25). The summed E-state index contributed by atoms with van der Waals surface area (Å²) < 4.78 is 5.65. The normalized spacial score (nSPS) is 12.9. The van der Waals surface area contributed by atoms with Gasteiger partial charge in [0, 0.05) is 17.9 Å². The Labute approximate surface area is 176 Å². The van der Waals surface area contributed by atoms with E-state index in [2.05, 4.69) is 21.4 Å². The first kappa shape index (κ1) is 19.9. The highest BCUT2D eigenvalue weighted by Gasteiger charge is 2.20.